The first kappa shape index (κ1) is 31.5. The van der Waals surface area contributed by atoms with Gasteiger partial charge in [0, 0.05) is 47.5 Å². The van der Waals surface area contributed by atoms with Crippen molar-refractivity contribution in [2.75, 3.05) is 18.0 Å². The van der Waals surface area contributed by atoms with Gasteiger partial charge in [0.15, 0.2) is 29.8 Å². The number of carboxylic acid groups (broad SMARTS) is 1. The molecular weight excluding hydrogens is 645 g/mol. The third-order valence-corrected chi connectivity index (χ3v) is 9.89. The molecule has 3 amide bonds. The van der Waals surface area contributed by atoms with Crippen LogP contribution in [0.15, 0.2) is 82.2 Å². The molecule has 5 heterocycles. The molecule has 6 rings (SSSR count). The van der Waals surface area contributed by atoms with Gasteiger partial charge in [-0.2, -0.15) is 5.26 Å². The smallest absolute Gasteiger partial charge is 0.352 e. The molecule has 0 saturated carbocycles. The number of rotatable bonds is 9. The molecule has 2 aromatic heterocycles. The molecule has 0 spiro atoms. The molecule has 238 valence electrons. The fraction of sp³-hybridized carbons (Fsp3) is 0.226. The molecule has 1 aromatic carbocycles. The monoisotopic (exact) mass is 671 g/mol. The number of nitrogens with two attached hydrogens (primary N) is 1. The lowest BCUT2D eigenvalue weighted by atomic mass is 10.0. The molecule has 3 aliphatic heterocycles. The number of allylic oxidation sites excluding steroid dienone is 1. The highest BCUT2D eigenvalue weighted by atomic mass is 32.2. The number of hydrogen-bond acceptors (Lipinski definition) is 11. The van der Waals surface area contributed by atoms with Crippen LogP contribution in [0.25, 0.3) is 0 Å². The summed E-state index contributed by atoms with van der Waals surface area (Å²) in [6.07, 6.45) is 5.84. The number of nitrogen functional groups attached to an aromatic ring is 1. The zero-order valence-electron chi connectivity index (χ0n) is 24.6. The Labute approximate surface area is 276 Å². The van der Waals surface area contributed by atoms with Crippen LogP contribution < -0.4 is 15.6 Å². The minimum Gasteiger partial charge on any atom is -0.477 e. The van der Waals surface area contributed by atoms with E-state index in [1.807, 2.05) is 41.2 Å². The number of nitrogens with one attached hydrogen (secondary N) is 1. The molecule has 0 radical (unpaired) electrons. The molecule has 0 bridgehead atoms. The number of carboxylic acids is 1. The summed E-state index contributed by atoms with van der Waals surface area (Å²) in [6, 6.07) is 12.3. The molecule has 3 aliphatic rings. The molecule has 2 atom stereocenters. The number of nitrogens with zero attached hydrogens (tertiary/aromatic N) is 6. The zero-order valence-corrected chi connectivity index (χ0v) is 26.2. The number of nitriles is 1. The largest absolute Gasteiger partial charge is 0.477 e. The number of thiazole rings is 1. The van der Waals surface area contributed by atoms with Crippen molar-refractivity contribution in [3.63, 3.8) is 0 Å². The van der Waals surface area contributed by atoms with Crippen LogP contribution in [0.4, 0.5) is 5.13 Å². The van der Waals surface area contributed by atoms with E-state index in [4.69, 9.17) is 11.0 Å². The number of carbonyl (C=O) groups excluding carboxylic acids is 3. The first-order valence-corrected chi connectivity index (χ1v) is 16.2. The topological polar surface area (TPSA) is 206 Å². The van der Waals surface area contributed by atoms with Crippen molar-refractivity contribution < 1.29 is 34.1 Å². The second kappa shape index (κ2) is 13.1. The highest BCUT2D eigenvalue weighted by Gasteiger charge is 2.54. The Morgan fingerprint density at radius 2 is 1.94 bits per heavy atom. The number of anilines is 1. The van der Waals surface area contributed by atoms with E-state index in [1.54, 1.807) is 23.1 Å². The summed E-state index contributed by atoms with van der Waals surface area (Å²) in [6.45, 7) is 1.48. The highest BCUT2D eigenvalue weighted by molar-refractivity contribution is 8.00. The van der Waals surface area contributed by atoms with Crippen molar-refractivity contribution in [1.82, 2.24) is 20.1 Å². The predicted octanol–water partition coefficient (Wildman–Crippen LogP) is 1.21. The number of oxime groups is 1. The maximum Gasteiger partial charge on any atom is 0.352 e. The second-order valence-corrected chi connectivity index (χ2v) is 12.9. The number of benzene rings is 1. The van der Waals surface area contributed by atoms with Crippen molar-refractivity contribution in [2.24, 2.45) is 5.16 Å². The van der Waals surface area contributed by atoms with Crippen LogP contribution in [0.1, 0.15) is 28.8 Å². The Hall–Kier alpha value is -5.53. The number of aromatic nitrogens is 2. The van der Waals surface area contributed by atoms with Gasteiger partial charge in [-0.1, -0.05) is 17.3 Å². The van der Waals surface area contributed by atoms with Gasteiger partial charge in [0.05, 0.1) is 11.6 Å². The number of amides is 3. The second-order valence-electron chi connectivity index (χ2n) is 10.9. The minimum atomic E-state index is -1.32. The maximum atomic E-state index is 13.3. The quantitative estimate of drug-likeness (QED) is 0.0639. The van der Waals surface area contributed by atoms with Crippen LogP contribution in [-0.2, 0) is 32.3 Å². The van der Waals surface area contributed by atoms with E-state index in [1.165, 1.54) is 17.1 Å². The van der Waals surface area contributed by atoms with Gasteiger partial charge in [-0.15, -0.1) is 23.1 Å². The molecule has 16 heteroatoms. The summed E-state index contributed by atoms with van der Waals surface area (Å²) in [5.74, 6) is -2.83. The third-order valence-electron chi connectivity index (χ3n) is 7.91. The van der Waals surface area contributed by atoms with E-state index in [2.05, 4.69) is 21.5 Å². The van der Waals surface area contributed by atoms with Crippen molar-refractivity contribution in [1.29, 1.82) is 5.26 Å². The van der Waals surface area contributed by atoms with Gasteiger partial charge in [0.25, 0.3) is 11.8 Å². The van der Waals surface area contributed by atoms with Crippen molar-refractivity contribution in [2.45, 2.75) is 30.9 Å². The number of pyridine rings is 1. The predicted molar refractivity (Wildman–Crippen MR) is 170 cm³/mol. The number of thioether (sulfide) groups is 1. The van der Waals surface area contributed by atoms with E-state index >= 15 is 0 Å². The van der Waals surface area contributed by atoms with Gasteiger partial charge >= 0.3 is 5.97 Å². The Kier molecular flexibility index (Phi) is 8.74. The summed E-state index contributed by atoms with van der Waals surface area (Å²) < 4.78 is 2.00. The first-order chi connectivity index (χ1) is 22.7. The van der Waals surface area contributed by atoms with Gasteiger partial charge < -0.3 is 26.3 Å². The van der Waals surface area contributed by atoms with E-state index in [0.29, 0.717) is 42.8 Å². The molecule has 2 saturated heterocycles. The van der Waals surface area contributed by atoms with E-state index in [-0.39, 0.29) is 28.2 Å². The third kappa shape index (κ3) is 6.30. The van der Waals surface area contributed by atoms with Gasteiger partial charge in [-0.05, 0) is 35.8 Å². The molecule has 0 aliphatic carbocycles. The van der Waals surface area contributed by atoms with Crippen LogP contribution >= 0.6 is 23.1 Å². The normalized spacial score (nSPS) is 20.2. The Morgan fingerprint density at radius 3 is 2.57 bits per heavy atom. The highest BCUT2D eigenvalue weighted by Crippen LogP contribution is 2.41. The lowest BCUT2D eigenvalue weighted by Gasteiger charge is -2.49. The average Bonchev–Trinajstić information content (AvgIpc) is 3.65. The Bertz CT molecular complexity index is 1910. The summed E-state index contributed by atoms with van der Waals surface area (Å²) in [5, 5.41) is 34.8. The minimum absolute atomic E-state index is 0.0401. The first-order valence-electron chi connectivity index (χ1n) is 14.3. The number of fused-ring (bicyclic) bond motifs is 1. The fourth-order valence-corrected chi connectivity index (χ4v) is 7.40. The van der Waals surface area contributed by atoms with E-state index in [0.717, 1.165) is 27.4 Å². The lowest BCUT2D eigenvalue weighted by Crippen LogP contribution is -2.71. The summed E-state index contributed by atoms with van der Waals surface area (Å²) in [5.41, 5.74) is 8.35. The molecule has 47 heavy (non-hydrogen) atoms. The number of hydrogen-bond donors (Lipinski definition) is 4. The van der Waals surface area contributed by atoms with Gasteiger partial charge in [0.2, 0.25) is 5.91 Å². The number of aliphatic carboxylic acids is 1. The standard InChI is InChI=1S/C31H26N8O6S2/c32-12-17-1-3-18(4-2-17)13-37-8-5-19(6-9-37)14-38-10-7-20(27(38)41)11-21-15-46-29-24(28(42)39(29)25(21)30(43)44)35-26(40)23(36-45)22-16-47-31(33)34-22/h1-6,8-9,11,16,24,29H,7,10,13-15H2,(H4-,33,34,35,40,43,44,45)/p+1/t24-,29-/m1/s1. The van der Waals surface area contributed by atoms with Crippen molar-refractivity contribution in [3.8, 4) is 6.07 Å². The van der Waals surface area contributed by atoms with Gasteiger partial charge in [0.1, 0.15) is 22.8 Å². The van der Waals surface area contributed by atoms with E-state index < -0.39 is 34.9 Å². The fourth-order valence-electron chi connectivity index (χ4n) is 5.55. The lowest BCUT2D eigenvalue weighted by molar-refractivity contribution is -0.688. The van der Waals surface area contributed by atoms with Crippen molar-refractivity contribution in [3.05, 3.63) is 99.5 Å². The molecule has 3 aromatic rings. The number of carbonyl (C=O) groups is 4. The van der Waals surface area contributed by atoms with Crippen LogP contribution in [-0.4, -0.2) is 78.2 Å². The molecule has 2 fully saturated rings. The zero-order chi connectivity index (χ0) is 33.2. The van der Waals surface area contributed by atoms with Gasteiger partial charge in [-0.25, -0.2) is 14.3 Å². The van der Waals surface area contributed by atoms with Gasteiger partial charge in [-0.3, -0.25) is 19.3 Å². The molecule has 14 nitrogen and oxygen atoms in total. The summed E-state index contributed by atoms with van der Waals surface area (Å²) in [7, 11) is 0. The summed E-state index contributed by atoms with van der Waals surface area (Å²) >= 11 is 2.30. The molecule has 0 unspecified atom stereocenters. The van der Waals surface area contributed by atoms with Crippen LogP contribution in [0.5, 0.6) is 0 Å². The van der Waals surface area contributed by atoms with Crippen LogP contribution in [0.3, 0.4) is 0 Å². The number of likely N-dealkylation sites (tertiary alicyclic amines) is 1. The summed E-state index contributed by atoms with van der Waals surface area (Å²) in [4.78, 5) is 58.3. The maximum absolute atomic E-state index is 13.3. The number of β-lactam (4-membered cyclic amide) rings is 1. The van der Waals surface area contributed by atoms with E-state index in [9.17, 15) is 29.5 Å². The SMILES string of the molecule is N#Cc1ccc(C[n+]2ccc(CN3CCC(=CC4=C(C(=O)O)N5C(=O)[C@@H](NC(=O)/C(=N\O)c6csc(N)n6)[C@H]5SC4)C3=O)cc2)cc1. The van der Waals surface area contributed by atoms with Crippen LogP contribution in [0.2, 0.25) is 0 Å². The van der Waals surface area contributed by atoms with Crippen LogP contribution in [0, 0.1) is 11.3 Å². The molecule has 5 N–H and O–H groups in total. The average molecular weight is 672 g/mol. The Balaban J connectivity index is 1.11. The van der Waals surface area contributed by atoms with Crippen molar-refractivity contribution >= 4 is 57.6 Å². The Morgan fingerprint density at radius 1 is 1.19 bits per heavy atom. The molecular formula is C31H27N8O6S2+.